The Hall–Kier alpha value is -3.72. The van der Waals surface area contributed by atoms with Gasteiger partial charge < -0.3 is 20.1 Å². The van der Waals surface area contributed by atoms with Gasteiger partial charge in [0.05, 0.1) is 19.9 Å². The first-order valence-electron chi connectivity index (χ1n) is 9.88. The maximum Gasteiger partial charge on any atom is 0.326 e. The van der Waals surface area contributed by atoms with Gasteiger partial charge in [0.25, 0.3) is 5.91 Å². The van der Waals surface area contributed by atoms with Gasteiger partial charge >= 0.3 is 6.03 Å². The van der Waals surface area contributed by atoms with Crippen LogP contribution in [0.15, 0.2) is 65.8 Å². The van der Waals surface area contributed by atoms with Crippen molar-refractivity contribution < 1.29 is 19.1 Å². The molecule has 0 fully saturated rings. The number of nitrogens with zero attached hydrogens (tertiary/aromatic N) is 2. The molecule has 0 spiro atoms. The number of urea groups is 1. The van der Waals surface area contributed by atoms with E-state index in [1.165, 1.54) is 0 Å². The number of rotatable bonds is 5. The van der Waals surface area contributed by atoms with Gasteiger partial charge in [-0.2, -0.15) is 0 Å². The summed E-state index contributed by atoms with van der Waals surface area (Å²) >= 11 is 1.62. The zero-order chi connectivity index (χ0) is 22.5. The fourth-order valence-corrected chi connectivity index (χ4v) is 4.20. The van der Waals surface area contributed by atoms with Crippen LogP contribution in [0.4, 0.5) is 21.9 Å². The van der Waals surface area contributed by atoms with Crippen LogP contribution in [0.1, 0.15) is 10.4 Å². The van der Waals surface area contributed by atoms with E-state index in [1.54, 1.807) is 79.5 Å². The van der Waals surface area contributed by atoms with E-state index < -0.39 is 0 Å². The Balaban J connectivity index is 1.48. The molecule has 9 heteroatoms. The molecule has 4 rings (SSSR count). The average molecular weight is 451 g/mol. The number of fused-ring (bicyclic) bond motifs is 1. The lowest BCUT2D eigenvalue weighted by molar-refractivity contribution is 0.102. The fraction of sp³-hybridized carbons (Fsp3) is 0.174. The second-order valence-corrected chi connectivity index (χ2v) is 7.98. The molecule has 1 aromatic heterocycles. The number of anilines is 3. The highest BCUT2D eigenvalue weighted by Crippen LogP contribution is 2.33. The summed E-state index contributed by atoms with van der Waals surface area (Å²) in [5.41, 5.74) is 2.24. The van der Waals surface area contributed by atoms with Crippen LogP contribution in [-0.2, 0) is 0 Å². The SMILES string of the molecule is COc1cc(NC(=O)c2cccc(NC(=O)N3CCSc4ncccc43)c2)cc(OC)c1. The third-order valence-electron chi connectivity index (χ3n) is 4.83. The Morgan fingerprint density at radius 3 is 2.50 bits per heavy atom. The lowest BCUT2D eigenvalue weighted by atomic mass is 10.1. The predicted molar refractivity (Wildman–Crippen MR) is 125 cm³/mol. The molecule has 8 nitrogen and oxygen atoms in total. The van der Waals surface area contributed by atoms with E-state index in [1.807, 2.05) is 12.1 Å². The van der Waals surface area contributed by atoms with E-state index in [2.05, 4.69) is 15.6 Å². The quantitative estimate of drug-likeness (QED) is 0.595. The van der Waals surface area contributed by atoms with Gasteiger partial charge in [-0.1, -0.05) is 6.07 Å². The first-order chi connectivity index (χ1) is 15.6. The van der Waals surface area contributed by atoms with Gasteiger partial charge in [0.1, 0.15) is 16.5 Å². The Bertz CT molecular complexity index is 1130. The van der Waals surface area contributed by atoms with Crippen molar-refractivity contribution in [3.05, 3.63) is 66.4 Å². The number of carbonyl (C=O) groups excluding carboxylic acids is 2. The van der Waals surface area contributed by atoms with Crippen LogP contribution in [-0.4, -0.2) is 43.4 Å². The highest BCUT2D eigenvalue weighted by molar-refractivity contribution is 7.99. The van der Waals surface area contributed by atoms with Gasteiger partial charge in [0.15, 0.2) is 0 Å². The first-order valence-corrected chi connectivity index (χ1v) is 10.9. The highest BCUT2D eigenvalue weighted by Gasteiger charge is 2.23. The van der Waals surface area contributed by atoms with Crippen molar-refractivity contribution in [2.45, 2.75) is 5.03 Å². The molecule has 164 valence electrons. The molecule has 2 heterocycles. The van der Waals surface area contributed by atoms with E-state index in [0.717, 1.165) is 16.5 Å². The highest BCUT2D eigenvalue weighted by atomic mass is 32.2. The summed E-state index contributed by atoms with van der Waals surface area (Å²) in [5.74, 6) is 1.58. The summed E-state index contributed by atoms with van der Waals surface area (Å²) < 4.78 is 10.5. The van der Waals surface area contributed by atoms with E-state index in [9.17, 15) is 9.59 Å². The molecule has 32 heavy (non-hydrogen) atoms. The van der Waals surface area contributed by atoms with Crippen molar-refractivity contribution in [3.8, 4) is 11.5 Å². The number of aromatic nitrogens is 1. The Kier molecular flexibility index (Phi) is 6.46. The van der Waals surface area contributed by atoms with E-state index in [4.69, 9.17) is 9.47 Å². The fourth-order valence-electron chi connectivity index (χ4n) is 3.28. The van der Waals surface area contributed by atoms with Crippen molar-refractivity contribution >= 4 is 40.8 Å². The standard InChI is InChI=1S/C23H22N4O4S/c1-30-18-12-17(13-19(14-18)31-2)25-21(28)15-5-3-6-16(11-15)26-23(29)27-9-10-32-22-20(27)7-4-8-24-22/h3-8,11-14H,9-10H2,1-2H3,(H,25,28)(H,26,29). The van der Waals surface area contributed by atoms with Crippen molar-refractivity contribution in [2.24, 2.45) is 0 Å². The summed E-state index contributed by atoms with van der Waals surface area (Å²) in [5, 5.41) is 6.54. The van der Waals surface area contributed by atoms with Crippen LogP contribution in [0.5, 0.6) is 11.5 Å². The molecule has 0 radical (unpaired) electrons. The van der Waals surface area contributed by atoms with Gasteiger partial charge in [-0.3, -0.25) is 9.69 Å². The van der Waals surface area contributed by atoms with Crippen molar-refractivity contribution in [1.82, 2.24) is 4.98 Å². The van der Waals surface area contributed by atoms with E-state index in [0.29, 0.717) is 35.0 Å². The first kappa shape index (κ1) is 21.5. The molecule has 2 aromatic carbocycles. The maximum atomic E-state index is 12.9. The molecule has 0 unspecified atom stereocenters. The molecule has 0 saturated carbocycles. The molecule has 3 aromatic rings. The van der Waals surface area contributed by atoms with Crippen molar-refractivity contribution in [3.63, 3.8) is 0 Å². The monoisotopic (exact) mass is 450 g/mol. The number of methoxy groups -OCH3 is 2. The summed E-state index contributed by atoms with van der Waals surface area (Å²) in [6, 6.07) is 15.3. The van der Waals surface area contributed by atoms with Gasteiger partial charge in [0.2, 0.25) is 0 Å². The van der Waals surface area contributed by atoms with E-state index in [-0.39, 0.29) is 11.9 Å². The molecule has 1 aliphatic heterocycles. The number of nitrogens with one attached hydrogen (secondary N) is 2. The van der Waals surface area contributed by atoms with Crippen LogP contribution in [0.3, 0.4) is 0 Å². The smallest absolute Gasteiger partial charge is 0.326 e. The third-order valence-corrected chi connectivity index (χ3v) is 5.80. The van der Waals surface area contributed by atoms with Gasteiger partial charge in [-0.25, -0.2) is 9.78 Å². The Morgan fingerprint density at radius 1 is 0.969 bits per heavy atom. The summed E-state index contributed by atoms with van der Waals surface area (Å²) in [6.07, 6.45) is 1.72. The lowest BCUT2D eigenvalue weighted by Crippen LogP contribution is -2.38. The van der Waals surface area contributed by atoms with E-state index >= 15 is 0 Å². The van der Waals surface area contributed by atoms with Gasteiger partial charge in [-0.05, 0) is 30.3 Å². The summed E-state index contributed by atoms with van der Waals surface area (Å²) in [4.78, 5) is 31.7. The molecular weight excluding hydrogens is 428 g/mol. The third kappa shape index (κ3) is 4.78. The number of carbonyl (C=O) groups is 2. The van der Waals surface area contributed by atoms with Gasteiger partial charge in [-0.15, -0.1) is 11.8 Å². The van der Waals surface area contributed by atoms with Crippen LogP contribution in [0, 0.1) is 0 Å². The van der Waals surface area contributed by atoms with Crippen molar-refractivity contribution in [2.75, 3.05) is 42.1 Å². The minimum atomic E-state index is -0.319. The van der Waals surface area contributed by atoms with Crippen LogP contribution < -0.4 is 25.0 Å². The van der Waals surface area contributed by atoms with Crippen LogP contribution >= 0.6 is 11.8 Å². The zero-order valence-corrected chi connectivity index (χ0v) is 18.4. The number of hydrogen-bond donors (Lipinski definition) is 2. The molecular formula is C23H22N4O4S. The topological polar surface area (TPSA) is 92.8 Å². The molecule has 0 atom stereocenters. The second kappa shape index (κ2) is 9.61. The molecule has 3 amide bonds. The number of hydrogen-bond acceptors (Lipinski definition) is 6. The maximum absolute atomic E-state index is 12.9. The molecule has 0 bridgehead atoms. The number of amides is 3. The zero-order valence-electron chi connectivity index (χ0n) is 17.6. The molecule has 0 saturated heterocycles. The van der Waals surface area contributed by atoms with Crippen LogP contribution in [0.25, 0.3) is 0 Å². The molecule has 0 aliphatic carbocycles. The van der Waals surface area contributed by atoms with Crippen molar-refractivity contribution in [1.29, 1.82) is 0 Å². The van der Waals surface area contributed by atoms with Crippen LogP contribution in [0.2, 0.25) is 0 Å². The lowest BCUT2D eigenvalue weighted by Gasteiger charge is -2.28. The summed E-state index contributed by atoms with van der Waals surface area (Å²) in [6.45, 7) is 0.576. The number of benzene rings is 2. The second-order valence-electron chi connectivity index (χ2n) is 6.89. The minimum Gasteiger partial charge on any atom is -0.497 e. The average Bonchev–Trinajstić information content (AvgIpc) is 2.83. The predicted octanol–water partition coefficient (Wildman–Crippen LogP) is 4.50. The number of pyridine rings is 1. The molecule has 1 aliphatic rings. The largest absolute Gasteiger partial charge is 0.497 e. The Morgan fingerprint density at radius 2 is 1.75 bits per heavy atom. The Labute approximate surface area is 189 Å². The minimum absolute atomic E-state index is 0.269. The number of thioether (sulfide) groups is 1. The van der Waals surface area contributed by atoms with Gasteiger partial charge in [0, 0.05) is 53.6 Å². The molecule has 2 N–H and O–H groups in total. The summed E-state index contributed by atoms with van der Waals surface area (Å²) in [7, 11) is 3.09. The normalized spacial score (nSPS) is 12.5. The number of ether oxygens (including phenoxy) is 2.